The van der Waals surface area contributed by atoms with Crippen LogP contribution in [-0.4, -0.2) is 36.5 Å². The summed E-state index contributed by atoms with van der Waals surface area (Å²) in [7, 11) is 1.98. The largest absolute Gasteiger partial charge is 0.494 e. The van der Waals surface area contributed by atoms with Gasteiger partial charge in [-0.1, -0.05) is 36.4 Å². The number of benzene rings is 3. The van der Waals surface area contributed by atoms with Crippen LogP contribution in [-0.2, 0) is 12.7 Å². The molecule has 9 heteroatoms. The van der Waals surface area contributed by atoms with E-state index in [9.17, 15) is 18.0 Å². The molecule has 1 aromatic heterocycles. The van der Waals surface area contributed by atoms with Crippen LogP contribution in [0.3, 0.4) is 0 Å². The van der Waals surface area contributed by atoms with Gasteiger partial charge in [0.2, 0.25) is 0 Å². The van der Waals surface area contributed by atoms with Gasteiger partial charge in [0, 0.05) is 37.8 Å². The molecule has 0 saturated heterocycles. The minimum absolute atomic E-state index is 0.00545. The van der Waals surface area contributed by atoms with Crippen molar-refractivity contribution in [1.82, 2.24) is 10.2 Å². The van der Waals surface area contributed by atoms with Crippen molar-refractivity contribution >= 4 is 49.9 Å². The second-order valence-electron chi connectivity index (χ2n) is 10.3. The van der Waals surface area contributed by atoms with Gasteiger partial charge in [-0.25, -0.2) is 0 Å². The molecule has 4 aromatic rings. The molecule has 0 unspecified atom stereocenters. The molecule has 1 heterocycles. The van der Waals surface area contributed by atoms with Crippen LogP contribution in [0, 0.1) is 3.57 Å². The molecule has 0 radical (unpaired) electrons. The van der Waals surface area contributed by atoms with Gasteiger partial charge in [0.25, 0.3) is 5.91 Å². The van der Waals surface area contributed by atoms with Crippen molar-refractivity contribution < 1.29 is 22.7 Å². The zero-order chi connectivity index (χ0) is 29.1. The van der Waals surface area contributed by atoms with Crippen LogP contribution >= 0.6 is 33.9 Å². The van der Waals surface area contributed by atoms with E-state index < -0.39 is 11.7 Å². The maximum Gasteiger partial charge on any atom is 0.416 e. The highest BCUT2D eigenvalue weighted by atomic mass is 127. The van der Waals surface area contributed by atoms with E-state index in [0.29, 0.717) is 30.5 Å². The molecule has 41 heavy (non-hydrogen) atoms. The number of nitrogens with zero attached hydrogens (tertiary/aromatic N) is 1. The number of carbonyl (C=O) groups excluding carboxylic acids is 1. The first kappa shape index (κ1) is 29.8. The highest BCUT2D eigenvalue weighted by molar-refractivity contribution is 14.1. The molecule has 1 fully saturated rings. The van der Waals surface area contributed by atoms with Crippen LogP contribution in [0.5, 0.6) is 5.75 Å². The molecule has 1 saturated carbocycles. The Kier molecular flexibility index (Phi) is 9.25. The molecule has 1 aliphatic carbocycles. The molecule has 0 aliphatic heterocycles. The highest BCUT2D eigenvalue weighted by Gasteiger charge is 2.32. The number of nitrogens with one attached hydrogen (secondary N) is 1. The summed E-state index contributed by atoms with van der Waals surface area (Å²) in [4.78, 5) is 17.0. The van der Waals surface area contributed by atoms with Gasteiger partial charge >= 0.3 is 6.18 Å². The Morgan fingerprint density at radius 2 is 1.71 bits per heavy atom. The van der Waals surface area contributed by atoms with E-state index in [0.717, 1.165) is 67.5 Å². The Morgan fingerprint density at radius 3 is 2.34 bits per heavy atom. The quantitative estimate of drug-likeness (QED) is 0.188. The monoisotopic (exact) mass is 692 g/mol. The van der Waals surface area contributed by atoms with E-state index in [2.05, 4.69) is 27.9 Å². The number of thiophene rings is 1. The first-order valence-corrected chi connectivity index (χ1v) is 15.7. The summed E-state index contributed by atoms with van der Waals surface area (Å²) >= 11 is 3.81. The van der Waals surface area contributed by atoms with Crippen molar-refractivity contribution in [3.8, 4) is 16.9 Å². The van der Waals surface area contributed by atoms with Crippen molar-refractivity contribution in [3.63, 3.8) is 0 Å². The molecule has 0 atom stereocenters. The Morgan fingerprint density at radius 1 is 1.02 bits per heavy atom. The Labute approximate surface area is 256 Å². The topological polar surface area (TPSA) is 41.6 Å². The number of alkyl halides is 3. The van der Waals surface area contributed by atoms with Crippen molar-refractivity contribution in [3.05, 3.63) is 86.3 Å². The Bertz CT molecular complexity index is 1510. The fourth-order valence-corrected chi connectivity index (χ4v) is 7.80. The van der Waals surface area contributed by atoms with Gasteiger partial charge in [0.1, 0.15) is 10.6 Å². The summed E-state index contributed by atoms with van der Waals surface area (Å²) in [6.07, 6.45) is -0.640. The predicted octanol–water partition coefficient (Wildman–Crippen LogP) is 8.76. The number of halogens is 4. The van der Waals surface area contributed by atoms with Crippen LogP contribution in [0.4, 0.5) is 13.2 Å². The molecule has 1 amide bonds. The summed E-state index contributed by atoms with van der Waals surface area (Å²) in [5, 5.41) is 4.46. The molecule has 216 valence electrons. The van der Waals surface area contributed by atoms with Crippen molar-refractivity contribution in [2.45, 2.75) is 57.4 Å². The van der Waals surface area contributed by atoms with Gasteiger partial charge in [-0.05, 0) is 104 Å². The van der Waals surface area contributed by atoms with E-state index in [1.165, 1.54) is 23.5 Å². The lowest BCUT2D eigenvalue weighted by atomic mass is 9.89. The van der Waals surface area contributed by atoms with Crippen molar-refractivity contribution in [2.75, 3.05) is 13.7 Å². The number of carbonyl (C=O) groups is 1. The number of amides is 1. The molecule has 0 bridgehead atoms. The molecule has 0 spiro atoms. The molecule has 1 aliphatic rings. The Balaban J connectivity index is 1.52. The third-order valence-electron chi connectivity index (χ3n) is 7.78. The van der Waals surface area contributed by atoms with E-state index in [-0.39, 0.29) is 11.9 Å². The van der Waals surface area contributed by atoms with Gasteiger partial charge in [-0.2, -0.15) is 13.2 Å². The maximum atomic E-state index is 14.3. The average Bonchev–Trinajstić information content (AvgIpc) is 3.32. The maximum absolute atomic E-state index is 14.3. The number of hydrogen-bond donors (Lipinski definition) is 1. The number of rotatable bonds is 8. The van der Waals surface area contributed by atoms with E-state index in [1.807, 2.05) is 61.3 Å². The summed E-state index contributed by atoms with van der Waals surface area (Å²) in [5.41, 5.74) is 1.61. The summed E-state index contributed by atoms with van der Waals surface area (Å²) in [5.74, 6) is 0.682. The second kappa shape index (κ2) is 12.7. The molecule has 1 N–H and O–H groups in total. The molecular formula is C32H32F3IN2O2S. The van der Waals surface area contributed by atoms with Crippen LogP contribution in [0.1, 0.15) is 53.4 Å². The Hall–Kier alpha value is -2.63. The lowest BCUT2D eigenvalue weighted by Gasteiger charge is -2.37. The van der Waals surface area contributed by atoms with Gasteiger partial charge in [-0.3, -0.25) is 4.79 Å². The van der Waals surface area contributed by atoms with Gasteiger partial charge in [0.05, 0.1) is 12.2 Å². The first-order valence-electron chi connectivity index (χ1n) is 13.8. The van der Waals surface area contributed by atoms with Crippen LogP contribution in [0.2, 0.25) is 0 Å². The smallest absolute Gasteiger partial charge is 0.416 e. The van der Waals surface area contributed by atoms with E-state index in [1.54, 1.807) is 0 Å². The summed E-state index contributed by atoms with van der Waals surface area (Å²) in [6.45, 7) is 2.72. The van der Waals surface area contributed by atoms with E-state index in [4.69, 9.17) is 4.74 Å². The van der Waals surface area contributed by atoms with E-state index >= 15 is 0 Å². The third-order valence-corrected chi connectivity index (χ3v) is 10.4. The van der Waals surface area contributed by atoms with Gasteiger partial charge in [-0.15, -0.1) is 11.3 Å². The predicted molar refractivity (Wildman–Crippen MR) is 168 cm³/mol. The normalized spacial score (nSPS) is 17.5. The lowest BCUT2D eigenvalue weighted by molar-refractivity contribution is -0.137. The fourth-order valence-electron chi connectivity index (χ4n) is 5.54. The van der Waals surface area contributed by atoms with Crippen LogP contribution in [0.15, 0.2) is 66.7 Å². The minimum Gasteiger partial charge on any atom is -0.494 e. The molecule has 3 aromatic carbocycles. The van der Waals surface area contributed by atoms with Crippen molar-refractivity contribution in [1.29, 1.82) is 0 Å². The molecule has 4 nitrogen and oxygen atoms in total. The SMILES string of the molecule is CCOc1ccc(-c2ccc(C(F)(F)F)cc2)cc1CN(C(=O)c1sc2ccccc2c1I)[C@H]1CC[C@H](NC)CC1. The highest BCUT2D eigenvalue weighted by Crippen LogP contribution is 2.37. The van der Waals surface area contributed by atoms with Crippen LogP contribution < -0.4 is 10.1 Å². The van der Waals surface area contributed by atoms with Gasteiger partial charge < -0.3 is 15.0 Å². The third kappa shape index (κ3) is 6.57. The lowest BCUT2D eigenvalue weighted by Crippen LogP contribution is -2.44. The zero-order valence-corrected chi connectivity index (χ0v) is 25.9. The van der Waals surface area contributed by atoms with Gasteiger partial charge in [0.15, 0.2) is 0 Å². The minimum atomic E-state index is -4.39. The standard InChI is InChI=1S/C32H32F3IN2O2S/c1-3-40-27-17-10-21(20-8-11-23(12-9-20)32(33,34)35)18-22(27)19-38(25-15-13-24(37-2)14-16-25)31(39)30-29(36)26-6-4-5-7-28(26)41-30/h4-12,17-18,24-25,37H,3,13-16,19H2,1-2H3/t24-,25-. The number of fused-ring (bicyclic) bond motifs is 1. The fraction of sp³-hybridized carbons (Fsp3) is 0.344. The average molecular weight is 693 g/mol. The van der Waals surface area contributed by atoms with Crippen molar-refractivity contribution in [2.24, 2.45) is 0 Å². The first-order chi connectivity index (χ1) is 19.7. The molecular weight excluding hydrogens is 660 g/mol. The summed E-state index contributed by atoms with van der Waals surface area (Å²) < 4.78 is 47.5. The number of ether oxygens (including phenoxy) is 1. The zero-order valence-electron chi connectivity index (χ0n) is 22.9. The van der Waals surface area contributed by atoms with Crippen LogP contribution in [0.25, 0.3) is 21.2 Å². The molecule has 5 rings (SSSR count). The summed E-state index contributed by atoms with van der Waals surface area (Å²) in [6, 6.07) is 19.4. The number of hydrogen-bond acceptors (Lipinski definition) is 4. The second-order valence-corrected chi connectivity index (χ2v) is 12.4.